The van der Waals surface area contributed by atoms with E-state index in [1.165, 1.54) is 12.0 Å². The second-order valence-corrected chi connectivity index (χ2v) is 8.51. The van der Waals surface area contributed by atoms with Crippen LogP contribution in [-0.4, -0.2) is 16.7 Å². The van der Waals surface area contributed by atoms with Crippen LogP contribution in [0.1, 0.15) is 56.1 Å². The molecule has 0 radical (unpaired) electrons. The van der Waals surface area contributed by atoms with Crippen LogP contribution >= 0.6 is 0 Å². The van der Waals surface area contributed by atoms with Gasteiger partial charge in [0.25, 0.3) is 0 Å². The molecule has 23 heavy (non-hydrogen) atoms. The molecule has 0 aliphatic heterocycles. The van der Waals surface area contributed by atoms with Crippen molar-refractivity contribution in [3.05, 3.63) is 35.4 Å². The van der Waals surface area contributed by atoms with Gasteiger partial charge in [-0.1, -0.05) is 29.8 Å². The molecular weight excluding hydrogens is 288 g/mol. The molecule has 0 spiro atoms. The van der Waals surface area contributed by atoms with Gasteiger partial charge >= 0.3 is 5.97 Å². The number of rotatable bonds is 4. The van der Waals surface area contributed by atoms with Gasteiger partial charge in [0.05, 0.1) is 12.0 Å². The lowest BCUT2D eigenvalue weighted by molar-refractivity contribution is -0.177. The summed E-state index contributed by atoms with van der Waals surface area (Å²) >= 11 is 0. The first-order valence-electron chi connectivity index (χ1n) is 8.87. The monoisotopic (exact) mass is 314 g/mol. The van der Waals surface area contributed by atoms with E-state index in [4.69, 9.17) is 4.74 Å². The number of aryl methyl sites for hydroxylation is 1. The summed E-state index contributed by atoms with van der Waals surface area (Å²) in [5.74, 6) is 1.13. The molecule has 124 valence electrons. The number of hydrogen-bond acceptors (Lipinski definition) is 3. The minimum Gasteiger partial charge on any atom is -0.461 e. The first kappa shape index (κ1) is 15.2. The van der Waals surface area contributed by atoms with Gasteiger partial charge in [0.1, 0.15) is 6.61 Å². The lowest BCUT2D eigenvalue weighted by atomic mass is 9.47. The number of carbonyl (C=O) groups is 1. The van der Waals surface area contributed by atoms with E-state index < -0.39 is 5.60 Å². The summed E-state index contributed by atoms with van der Waals surface area (Å²) in [6, 6.07) is 8.10. The largest absolute Gasteiger partial charge is 0.461 e. The van der Waals surface area contributed by atoms with Crippen LogP contribution in [0.5, 0.6) is 0 Å². The third kappa shape index (κ3) is 3.03. The molecule has 3 heteroatoms. The van der Waals surface area contributed by atoms with Crippen molar-refractivity contribution in [2.24, 2.45) is 17.3 Å². The molecular formula is C20H26O3. The molecule has 4 bridgehead atoms. The number of carbonyl (C=O) groups excluding carboxylic acids is 1. The summed E-state index contributed by atoms with van der Waals surface area (Å²) in [5.41, 5.74) is 1.75. The maximum Gasteiger partial charge on any atom is 0.306 e. The van der Waals surface area contributed by atoms with Gasteiger partial charge in [0, 0.05) is 0 Å². The van der Waals surface area contributed by atoms with E-state index in [1.54, 1.807) is 0 Å². The second kappa shape index (κ2) is 5.34. The molecule has 4 aliphatic carbocycles. The summed E-state index contributed by atoms with van der Waals surface area (Å²) in [5, 5.41) is 10.8. The molecule has 4 saturated carbocycles. The number of aliphatic hydroxyl groups is 1. The zero-order valence-corrected chi connectivity index (χ0v) is 13.9. The summed E-state index contributed by atoms with van der Waals surface area (Å²) < 4.78 is 5.52. The number of esters is 1. The second-order valence-electron chi connectivity index (χ2n) is 8.51. The first-order valence-corrected chi connectivity index (χ1v) is 8.87. The molecule has 4 aliphatic rings. The van der Waals surface area contributed by atoms with E-state index in [0.717, 1.165) is 37.7 Å². The molecule has 5 rings (SSSR count). The third-order valence-corrected chi connectivity index (χ3v) is 6.19. The van der Waals surface area contributed by atoms with E-state index in [0.29, 0.717) is 24.9 Å². The molecule has 4 fully saturated rings. The minimum atomic E-state index is -0.499. The Kier molecular flexibility index (Phi) is 3.53. The van der Waals surface area contributed by atoms with Crippen LogP contribution in [-0.2, 0) is 16.1 Å². The van der Waals surface area contributed by atoms with Crippen molar-refractivity contribution in [3.8, 4) is 0 Å². The van der Waals surface area contributed by atoms with Crippen molar-refractivity contribution in [2.45, 2.75) is 64.1 Å². The number of benzene rings is 1. The number of hydrogen-bond donors (Lipinski definition) is 1. The molecule has 2 unspecified atom stereocenters. The molecule has 3 nitrogen and oxygen atoms in total. The summed E-state index contributed by atoms with van der Waals surface area (Å²) in [6.07, 6.45) is 6.63. The Hall–Kier alpha value is -1.35. The van der Waals surface area contributed by atoms with Crippen molar-refractivity contribution in [2.75, 3.05) is 0 Å². The van der Waals surface area contributed by atoms with Gasteiger partial charge < -0.3 is 9.84 Å². The van der Waals surface area contributed by atoms with Crippen molar-refractivity contribution in [1.82, 2.24) is 0 Å². The maximum absolute atomic E-state index is 12.4. The first-order chi connectivity index (χ1) is 10.9. The average Bonchev–Trinajstić information content (AvgIpc) is 2.43. The normalized spacial score (nSPS) is 37.8. The number of ether oxygens (including phenoxy) is 1. The van der Waals surface area contributed by atoms with Crippen LogP contribution in [0.25, 0.3) is 0 Å². The Bertz CT molecular complexity index is 590. The quantitative estimate of drug-likeness (QED) is 0.861. The van der Waals surface area contributed by atoms with E-state index in [9.17, 15) is 9.90 Å². The van der Waals surface area contributed by atoms with Crippen LogP contribution in [0.2, 0.25) is 0 Å². The molecule has 0 amide bonds. The standard InChI is InChI=1S/C20H26O3/c1-14-2-4-15(5-3-14)12-23-18(21)11-19-7-16-6-17(8-19)10-20(22,9-16)13-19/h2-5,16-17,22H,6-13H2,1H3/t16-,17+,19?,20?. The van der Waals surface area contributed by atoms with E-state index in [2.05, 4.69) is 0 Å². The molecule has 1 aromatic carbocycles. The van der Waals surface area contributed by atoms with Gasteiger partial charge in [-0.25, -0.2) is 0 Å². The van der Waals surface area contributed by atoms with E-state index >= 15 is 0 Å². The van der Waals surface area contributed by atoms with Gasteiger partial charge in [-0.05, 0) is 68.3 Å². The van der Waals surface area contributed by atoms with E-state index in [-0.39, 0.29) is 11.4 Å². The summed E-state index contributed by atoms with van der Waals surface area (Å²) in [6.45, 7) is 2.40. The SMILES string of the molecule is Cc1ccc(COC(=O)CC23C[C@@H]4C[C@@H](CC(O)(C4)C2)C3)cc1. The lowest BCUT2D eigenvalue weighted by Gasteiger charge is -2.60. The van der Waals surface area contributed by atoms with E-state index in [1.807, 2.05) is 31.2 Å². The van der Waals surface area contributed by atoms with Crippen LogP contribution in [0.3, 0.4) is 0 Å². The van der Waals surface area contributed by atoms with Crippen LogP contribution in [0.4, 0.5) is 0 Å². The fraction of sp³-hybridized carbons (Fsp3) is 0.650. The smallest absolute Gasteiger partial charge is 0.306 e. The Morgan fingerprint density at radius 3 is 2.43 bits per heavy atom. The van der Waals surface area contributed by atoms with Crippen LogP contribution < -0.4 is 0 Å². The average molecular weight is 314 g/mol. The molecule has 4 atom stereocenters. The van der Waals surface area contributed by atoms with Crippen molar-refractivity contribution < 1.29 is 14.6 Å². The lowest BCUT2D eigenvalue weighted by Crippen LogP contribution is -2.56. The highest BCUT2D eigenvalue weighted by Crippen LogP contribution is 2.62. The topological polar surface area (TPSA) is 46.5 Å². The Balaban J connectivity index is 1.38. The fourth-order valence-corrected chi connectivity index (χ4v) is 5.81. The summed E-state index contributed by atoms with van der Waals surface area (Å²) in [7, 11) is 0. The molecule has 0 heterocycles. The molecule has 0 saturated heterocycles. The van der Waals surface area contributed by atoms with Gasteiger partial charge in [-0.3, -0.25) is 4.79 Å². The summed E-state index contributed by atoms with van der Waals surface area (Å²) in [4.78, 5) is 12.4. The molecule has 1 aromatic rings. The molecule has 0 aromatic heterocycles. The minimum absolute atomic E-state index is 0.00317. The zero-order chi connectivity index (χ0) is 16.1. The van der Waals surface area contributed by atoms with Crippen LogP contribution in [0.15, 0.2) is 24.3 Å². The molecule has 1 N–H and O–H groups in total. The van der Waals surface area contributed by atoms with Gasteiger partial charge in [0.15, 0.2) is 0 Å². The maximum atomic E-state index is 12.4. The van der Waals surface area contributed by atoms with Crippen LogP contribution in [0, 0.1) is 24.2 Å². The van der Waals surface area contributed by atoms with Gasteiger partial charge in [-0.2, -0.15) is 0 Å². The Morgan fingerprint density at radius 2 is 1.83 bits per heavy atom. The van der Waals surface area contributed by atoms with Crippen molar-refractivity contribution in [3.63, 3.8) is 0 Å². The predicted molar refractivity (Wildman–Crippen MR) is 87.7 cm³/mol. The van der Waals surface area contributed by atoms with Crippen molar-refractivity contribution >= 4 is 5.97 Å². The third-order valence-electron chi connectivity index (χ3n) is 6.19. The highest BCUT2D eigenvalue weighted by Gasteiger charge is 2.57. The Morgan fingerprint density at radius 1 is 1.17 bits per heavy atom. The highest BCUT2D eigenvalue weighted by molar-refractivity contribution is 5.70. The van der Waals surface area contributed by atoms with Crippen molar-refractivity contribution in [1.29, 1.82) is 0 Å². The highest BCUT2D eigenvalue weighted by atomic mass is 16.5. The van der Waals surface area contributed by atoms with Gasteiger partial charge in [-0.15, -0.1) is 0 Å². The van der Waals surface area contributed by atoms with Gasteiger partial charge in [0.2, 0.25) is 0 Å². The Labute approximate surface area is 138 Å². The zero-order valence-electron chi connectivity index (χ0n) is 13.9. The predicted octanol–water partition coefficient (Wildman–Crippen LogP) is 3.76. The fourth-order valence-electron chi connectivity index (χ4n) is 5.81.